The first-order valence-corrected chi connectivity index (χ1v) is 10.3. The Labute approximate surface area is 168 Å². The summed E-state index contributed by atoms with van der Waals surface area (Å²) in [5, 5.41) is 0.198. The molecular weight excluding hydrogens is 390 g/mol. The minimum absolute atomic E-state index is 0.0257. The second-order valence-electron chi connectivity index (χ2n) is 6.35. The van der Waals surface area contributed by atoms with Gasteiger partial charge in [-0.05, 0) is 38.5 Å². The van der Waals surface area contributed by atoms with Crippen LogP contribution < -0.4 is 0 Å². The van der Waals surface area contributed by atoms with Crippen molar-refractivity contribution < 1.29 is 23.9 Å². The van der Waals surface area contributed by atoms with Crippen molar-refractivity contribution in [2.75, 3.05) is 12.4 Å². The molecule has 1 aromatic rings. The van der Waals surface area contributed by atoms with Gasteiger partial charge in [0, 0.05) is 17.2 Å². The molecule has 6 nitrogen and oxygen atoms in total. The maximum absolute atomic E-state index is 12.9. The number of ether oxygens (including phenoxy) is 2. The molecule has 0 N–H and O–H groups in total. The fourth-order valence-corrected chi connectivity index (χ4v) is 4.42. The Balaban J connectivity index is 2.22. The van der Waals surface area contributed by atoms with E-state index in [1.807, 2.05) is 6.07 Å². The average molecular weight is 414 g/mol. The second-order valence-corrected chi connectivity index (χ2v) is 7.90. The third-order valence-electron chi connectivity index (χ3n) is 3.89. The van der Waals surface area contributed by atoms with Gasteiger partial charge in [0.2, 0.25) is 5.91 Å². The first-order chi connectivity index (χ1) is 12.8. The molecule has 1 aliphatic rings. The van der Waals surface area contributed by atoms with Gasteiger partial charge in [-0.15, -0.1) is 11.8 Å². The van der Waals surface area contributed by atoms with Crippen LogP contribution in [0.1, 0.15) is 44.6 Å². The summed E-state index contributed by atoms with van der Waals surface area (Å²) in [5.74, 6) is -0.734. The van der Waals surface area contributed by atoms with Crippen molar-refractivity contribution >= 4 is 41.2 Å². The van der Waals surface area contributed by atoms with E-state index in [9.17, 15) is 14.4 Å². The van der Waals surface area contributed by atoms with E-state index in [2.05, 4.69) is 0 Å². The lowest BCUT2D eigenvalue weighted by atomic mass is 10.1. The molecule has 0 radical (unpaired) electrons. The van der Waals surface area contributed by atoms with E-state index in [0.717, 1.165) is 5.56 Å². The van der Waals surface area contributed by atoms with E-state index in [1.165, 1.54) is 16.7 Å². The van der Waals surface area contributed by atoms with Gasteiger partial charge in [0.05, 0.1) is 19.1 Å². The molecule has 8 heteroatoms. The Morgan fingerprint density at radius 1 is 1.30 bits per heavy atom. The Kier molecular flexibility index (Phi) is 7.98. The van der Waals surface area contributed by atoms with Crippen molar-refractivity contribution in [2.45, 2.75) is 51.1 Å². The number of halogens is 1. The molecule has 1 amide bonds. The van der Waals surface area contributed by atoms with Crippen LogP contribution in [0.5, 0.6) is 0 Å². The average Bonchev–Trinajstić information content (AvgIpc) is 3.04. The van der Waals surface area contributed by atoms with E-state index in [0.29, 0.717) is 10.8 Å². The zero-order valence-corrected chi connectivity index (χ0v) is 17.2. The van der Waals surface area contributed by atoms with Crippen LogP contribution in [0.2, 0.25) is 5.02 Å². The van der Waals surface area contributed by atoms with Crippen molar-refractivity contribution in [1.29, 1.82) is 0 Å². The van der Waals surface area contributed by atoms with Crippen LogP contribution in [0.3, 0.4) is 0 Å². The smallest absolute Gasteiger partial charge is 0.330 e. The number of carbonyl (C=O) groups excluding carboxylic acids is 3. The zero-order valence-electron chi connectivity index (χ0n) is 15.6. The Morgan fingerprint density at radius 3 is 2.67 bits per heavy atom. The van der Waals surface area contributed by atoms with Crippen molar-refractivity contribution in [2.24, 2.45) is 0 Å². The van der Waals surface area contributed by atoms with Gasteiger partial charge < -0.3 is 14.4 Å². The molecule has 1 saturated heterocycles. The number of rotatable bonds is 7. The molecule has 0 bridgehead atoms. The summed E-state index contributed by atoms with van der Waals surface area (Å²) in [4.78, 5) is 38.5. The Bertz CT molecular complexity index is 696. The van der Waals surface area contributed by atoms with Crippen molar-refractivity contribution in [3.63, 3.8) is 0 Å². The summed E-state index contributed by atoms with van der Waals surface area (Å²) in [6.45, 7) is 5.51. The summed E-state index contributed by atoms with van der Waals surface area (Å²) in [5.41, 5.74) is 0.830. The molecule has 0 spiro atoms. The number of carbonyl (C=O) groups is 3. The summed E-state index contributed by atoms with van der Waals surface area (Å²) in [6.07, 6.45) is -0.326. The molecule has 2 atom stereocenters. The van der Waals surface area contributed by atoms with Crippen LogP contribution in [0.4, 0.5) is 0 Å². The summed E-state index contributed by atoms with van der Waals surface area (Å²) >= 11 is 7.57. The summed E-state index contributed by atoms with van der Waals surface area (Å²) in [7, 11) is 0. The fraction of sp³-hybridized carbons (Fsp3) is 0.526. The number of amides is 1. The highest BCUT2D eigenvalue weighted by Gasteiger charge is 2.43. The number of thioether (sulfide) groups is 1. The quantitative estimate of drug-likeness (QED) is 0.636. The number of hydrogen-bond acceptors (Lipinski definition) is 6. The molecule has 1 fully saturated rings. The lowest BCUT2D eigenvalue weighted by Gasteiger charge is -2.29. The topological polar surface area (TPSA) is 72.9 Å². The van der Waals surface area contributed by atoms with Gasteiger partial charge >= 0.3 is 11.9 Å². The van der Waals surface area contributed by atoms with E-state index in [-0.39, 0.29) is 36.8 Å². The van der Waals surface area contributed by atoms with Gasteiger partial charge in [0.1, 0.15) is 11.4 Å². The lowest BCUT2D eigenvalue weighted by Crippen LogP contribution is -2.44. The van der Waals surface area contributed by atoms with E-state index < -0.39 is 18.0 Å². The first-order valence-electron chi connectivity index (χ1n) is 8.87. The maximum Gasteiger partial charge on any atom is 0.330 e. The molecule has 1 aromatic carbocycles. The molecular formula is C19H24ClNO5S. The van der Waals surface area contributed by atoms with Gasteiger partial charge in [0.25, 0.3) is 0 Å². The SMILES string of the molecule is CCOC(=O)CCC(=O)N1C(C(=O)OC(C)C)CSC1c1cccc(Cl)c1. The molecule has 0 aromatic heterocycles. The molecule has 148 valence electrons. The largest absolute Gasteiger partial charge is 0.466 e. The van der Waals surface area contributed by atoms with E-state index in [1.54, 1.807) is 39.0 Å². The van der Waals surface area contributed by atoms with E-state index >= 15 is 0 Å². The zero-order chi connectivity index (χ0) is 20.0. The van der Waals surface area contributed by atoms with Crippen molar-refractivity contribution in [3.05, 3.63) is 34.9 Å². The molecule has 0 saturated carbocycles. The monoisotopic (exact) mass is 413 g/mol. The summed E-state index contributed by atoms with van der Waals surface area (Å²) in [6, 6.07) is 6.50. The van der Waals surface area contributed by atoms with Gasteiger partial charge in [-0.1, -0.05) is 23.7 Å². The van der Waals surface area contributed by atoms with Crippen LogP contribution in [-0.2, 0) is 23.9 Å². The first kappa shape index (κ1) is 21.6. The molecule has 0 aliphatic carbocycles. The van der Waals surface area contributed by atoms with Gasteiger partial charge in [-0.2, -0.15) is 0 Å². The van der Waals surface area contributed by atoms with Crippen LogP contribution >= 0.6 is 23.4 Å². The second kappa shape index (κ2) is 9.99. The minimum atomic E-state index is -0.698. The molecule has 1 heterocycles. The van der Waals surface area contributed by atoms with Crippen molar-refractivity contribution in [3.8, 4) is 0 Å². The van der Waals surface area contributed by atoms with Crippen LogP contribution in [0.15, 0.2) is 24.3 Å². The van der Waals surface area contributed by atoms with Gasteiger partial charge in [-0.3, -0.25) is 9.59 Å². The molecule has 1 aliphatic heterocycles. The highest BCUT2D eigenvalue weighted by atomic mass is 35.5. The van der Waals surface area contributed by atoms with Crippen LogP contribution in [-0.4, -0.2) is 47.3 Å². The fourth-order valence-electron chi connectivity index (χ4n) is 2.79. The normalized spacial score (nSPS) is 19.2. The van der Waals surface area contributed by atoms with Crippen molar-refractivity contribution in [1.82, 2.24) is 4.90 Å². The number of hydrogen-bond donors (Lipinski definition) is 0. The molecule has 27 heavy (non-hydrogen) atoms. The summed E-state index contributed by atoms with van der Waals surface area (Å²) < 4.78 is 10.2. The third-order valence-corrected chi connectivity index (χ3v) is 5.45. The lowest BCUT2D eigenvalue weighted by molar-refractivity contribution is -0.157. The highest BCUT2D eigenvalue weighted by Crippen LogP contribution is 2.42. The third kappa shape index (κ3) is 5.87. The standard InChI is InChI=1S/C19H24ClNO5S/c1-4-25-17(23)9-8-16(22)21-15(19(24)26-12(2)3)11-27-18(21)13-6-5-7-14(20)10-13/h5-7,10,12,15,18H,4,8-9,11H2,1-3H3. The predicted octanol–water partition coefficient (Wildman–Crippen LogP) is 3.58. The molecule has 2 rings (SSSR count). The minimum Gasteiger partial charge on any atom is -0.466 e. The predicted molar refractivity (Wildman–Crippen MR) is 104 cm³/mol. The maximum atomic E-state index is 12.9. The van der Waals surface area contributed by atoms with Gasteiger partial charge in [0.15, 0.2) is 0 Å². The Morgan fingerprint density at radius 2 is 2.04 bits per heavy atom. The van der Waals surface area contributed by atoms with Gasteiger partial charge in [-0.25, -0.2) is 4.79 Å². The number of benzene rings is 1. The van der Waals surface area contributed by atoms with E-state index in [4.69, 9.17) is 21.1 Å². The Hall–Kier alpha value is -1.73. The van der Waals surface area contributed by atoms with Crippen LogP contribution in [0, 0.1) is 0 Å². The number of nitrogens with zero attached hydrogens (tertiary/aromatic N) is 1. The highest BCUT2D eigenvalue weighted by molar-refractivity contribution is 7.99. The molecule has 2 unspecified atom stereocenters. The van der Waals surface area contributed by atoms with Crippen LogP contribution in [0.25, 0.3) is 0 Å². The number of esters is 2.